The maximum atomic E-state index is 14.1. The van der Waals surface area contributed by atoms with Crippen molar-refractivity contribution in [2.24, 2.45) is 0 Å². The van der Waals surface area contributed by atoms with Crippen molar-refractivity contribution >= 4 is 5.91 Å². The van der Waals surface area contributed by atoms with Crippen molar-refractivity contribution in [2.45, 2.75) is 25.9 Å². The number of nitrogens with zero attached hydrogens (tertiary/aromatic N) is 3. The average molecular weight is 305 g/mol. The number of amides is 1. The monoisotopic (exact) mass is 305 g/mol. The molecule has 0 aromatic carbocycles. The zero-order valence-corrected chi connectivity index (χ0v) is 12.2. The third-order valence-corrected chi connectivity index (χ3v) is 3.61. The molecule has 1 fully saturated rings. The molecule has 2 aromatic heterocycles. The summed E-state index contributed by atoms with van der Waals surface area (Å²) < 4.78 is 24.8. The Morgan fingerprint density at radius 1 is 1.55 bits per heavy atom. The maximum absolute atomic E-state index is 14.1. The number of aryl methyl sites for hydroxylation is 1. The molecule has 7 heteroatoms. The molecular weight excluding hydrogens is 289 g/mol. The molecule has 1 aliphatic rings. The lowest BCUT2D eigenvalue weighted by molar-refractivity contribution is 0.0738. The molecule has 1 saturated heterocycles. The summed E-state index contributed by atoms with van der Waals surface area (Å²) in [6, 6.07) is 3.29. The van der Waals surface area contributed by atoms with Crippen LogP contribution in [-0.4, -0.2) is 40.0 Å². The quantitative estimate of drug-likeness (QED) is 0.865. The highest BCUT2D eigenvalue weighted by Crippen LogP contribution is 2.22. The fraction of sp³-hybridized carbons (Fsp3) is 0.400. The van der Waals surface area contributed by atoms with E-state index >= 15 is 0 Å². The van der Waals surface area contributed by atoms with Crippen molar-refractivity contribution in [1.29, 1.82) is 0 Å². The summed E-state index contributed by atoms with van der Waals surface area (Å²) in [5.74, 6) is -0.472. The van der Waals surface area contributed by atoms with Crippen LogP contribution in [0.25, 0.3) is 0 Å². The fourth-order valence-electron chi connectivity index (χ4n) is 2.44. The number of halogens is 1. The molecule has 1 unspecified atom stereocenters. The van der Waals surface area contributed by atoms with E-state index in [2.05, 4.69) is 9.97 Å². The van der Waals surface area contributed by atoms with Gasteiger partial charge in [0.2, 0.25) is 5.82 Å². The number of hydrogen-bond acceptors (Lipinski definition) is 5. The Hall–Kier alpha value is -2.44. The van der Waals surface area contributed by atoms with Gasteiger partial charge in [-0.25, -0.2) is 4.98 Å². The standard InChI is InChI=1S/C15H16FN3O3/c1-2-11-13(16)14(18-9-17-11)22-10-5-6-19(8-10)15(20)12-4-3-7-21-12/h3-4,7,9-10H,2,5-6,8H2,1H3. The first kappa shape index (κ1) is 14.5. The minimum Gasteiger partial charge on any atom is -0.470 e. The van der Waals surface area contributed by atoms with Gasteiger partial charge in [0.05, 0.1) is 18.5 Å². The van der Waals surface area contributed by atoms with Gasteiger partial charge in [-0.3, -0.25) is 4.79 Å². The molecular formula is C15H16FN3O3. The number of hydrogen-bond donors (Lipinski definition) is 0. The van der Waals surface area contributed by atoms with E-state index in [4.69, 9.17) is 9.15 Å². The number of carbonyl (C=O) groups is 1. The van der Waals surface area contributed by atoms with E-state index in [1.165, 1.54) is 12.6 Å². The summed E-state index contributed by atoms with van der Waals surface area (Å²) in [6.45, 7) is 2.73. The lowest BCUT2D eigenvalue weighted by Crippen LogP contribution is -2.30. The highest BCUT2D eigenvalue weighted by molar-refractivity contribution is 5.91. The lowest BCUT2D eigenvalue weighted by Gasteiger charge is -2.16. The second-order valence-corrected chi connectivity index (χ2v) is 5.05. The normalized spacial score (nSPS) is 17.7. The molecule has 0 aliphatic carbocycles. The van der Waals surface area contributed by atoms with Gasteiger partial charge in [0, 0.05) is 13.0 Å². The van der Waals surface area contributed by atoms with Gasteiger partial charge >= 0.3 is 0 Å². The van der Waals surface area contributed by atoms with Crippen LogP contribution in [0.4, 0.5) is 4.39 Å². The van der Waals surface area contributed by atoms with Crippen molar-refractivity contribution in [2.75, 3.05) is 13.1 Å². The van der Waals surface area contributed by atoms with Crippen molar-refractivity contribution in [1.82, 2.24) is 14.9 Å². The summed E-state index contributed by atoms with van der Waals surface area (Å²) in [5, 5.41) is 0. The van der Waals surface area contributed by atoms with Gasteiger partial charge in [0.1, 0.15) is 12.4 Å². The van der Waals surface area contributed by atoms with E-state index < -0.39 is 5.82 Å². The number of ether oxygens (including phenoxy) is 1. The predicted molar refractivity (Wildman–Crippen MR) is 75.0 cm³/mol. The van der Waals surface area contributed by atoms with E-state index in [-0.39, 0.29) is 17.9 Å². The Labute approximate surface area is 126 Å². The minimum atomic E-state index is -0.527. The number of aromatic nitrogens is 2. The Morgan fingerprint density at radius 2 is 2.41 bits per heavy atom. The molecule has 1 amide bonds. The van der Waals surface area contributed by atoms with Crippen molar-refractivity contribution in [3.8, 4) is 5.88 Å². The summed E-state index contributed by atoms with van der Waals surface area (Å²) in [4.78, 5) is 21.5. The first-order chi connectivity index (χ1) is 10.7. The average Bonchev–Trinajstić information content (AvgIpc) is 3.20. The molecule has 2 aromatic rings. The van der Waals surface area contributed by atoms with Crippen LogP contribution in [0.5, 0.6) is 5.88 Å². The molecule has 116 valence electrons. The summed E-state index contributed by atoms with van der Waals surface area (Å²) >= 11 is 0. The van der Waals surface area contributed by atoms with Gasteiger partial charge in [-0.2, -0.15) is 9.37 Å². The summed E-state index contributed by atoms with van der Waals surface area (Å²) in [6.07, 6.45) is 3.56. The highest BCUT2D eigenvalue weighted by atomic mass is 19.1. The molecule has 1 aliphatic heterocycles. The molecule has 22 heavy (non-hydrogen) atoms. The van der Waals surface area contributed by atoms with Gasteiger partial charge in [-0.05, 0) is 18.6 Å². The predicted octanol–water partition coefficient (Wildman–Crippen LogP) is 2.06. The van der Waals surface area contributed by atoms with E-state index in [0.717, 1.165) is 0 Å². The van der Waals surface area contributed by atoms with Crippen molar-refractivity contribution < 1.29 is 18.3 Å². The second-order valence-electron chi connectivity index (χ2n) is 5.05. The van der Waals surface area contributed by atoms with E-state index in [9.17, 15) is 9.18 Å². The fourth-order valence-corrected chi connectivity index (χ4v) is 2.44. The van der Waals surface area contributed by atoms with Gasteiger partial charge in [0.15, 0.2) is 5.76 Å². The van der Waals surface area contributed by atoms with Crippen LogP contribution in [-0.2, 0) is 6.42 Å². The Morgan fingerprint density at radius 3 is 3.14 bits per heavy atom. The molecule has 0 bridgehead atoms. The van der Waals surface area contributed by atoms with Crippen molar-refractivity contribution in [3.63, 3.8) is 0 Å². The number of rotatable bonds is 4. The topological polar surface area (TPSA) is 68.5 Å². The minimum absolute atomic E-state index is 0.0517. The lowest BCUT2D eigenvalue weighted by atomic mass is 10.3. The molecule has 0 spiro atoms. The number of likely N-dealkylation sites (tertiary alicyclic amines) is 1. The van der Waals surface area contributed by atoms with Crippen LogP contribution < -0.4 is 4.74 Å². The zero-order valence-electron chi connectivity index (χ0n) is 12.2. The van der Waals surface area contributed by atoms with Crippen LogP contribution in [0.3, 0.4) is 0 Å². The van der Waals surface area contributed by atoms with Gasteiger partial charge in [0.25, 0.3) is 11.8 Å². The Kier molecular flexibility index (Phi) is 4.04. The molecule has 6 nitrogen and oxygen atoms in total. The van der Waals surface area contributed by atoms with Crippen molar-refractivity contribution in [3.05, 3.63) is 42.0 Å². The SMILES string of the molecule is CCc1ncnc(OC2CCN(C(=O)c3ccco3)C2)c1F. The van der Waals surface area contributed by atoms with Crippen LogP contribution in [0, 0.1) is 5.82 Å². The Balaban J connectivity index is 1.65. The first-order valence-electron chi connectivity index (χ1n) is 7.17. The van der Waals surface area contributed by atoms with E-state index in [0.29, 0.717) is 37.4 Å². The second kappa shape index (κ2) is 6.13. The first-order valence-corrected chi connectivity index (χ1v) is 7.17. The smallest absolute Gasteiger partial charge is 0.289 e. The van der Waals surface area contributed by atoms with Gasteiger partial charge < -0.3 is 14.1 Å². The molecule has 3 heterocycles. The van der Waals surface area contributed by atoms with Crippen LogP contribution in [0.1, 0.15) is 29.6 Å². The van der Waals surface area contributed by atoms with Gasteiger partial charge in [-0.15, -0.1) is 0 Å². The van der Waals surface area contributed by atoms with E-state index in [1.54, 1.807) is 17.0 Å². The third kappa shape index (κ3) is 2.79. The third-order valence-electron chi connectivity index (χ3n) is 3.61. The molecule has 3 rings (SSSR count). The summed E-state index contributed by atoms with van der Waals surface area (Å²) in [7, 11) is 0. The van der Waals surface area contributed by atoms with E-state index in [1.807, 2.05) is 6.92 Å². The van der Waals surface area contributed by atoms with Gasteiger partial charge in [-0.1, -0.05) is 6.92 Å². The van der Waals surface area contributed by atoms with Crippen LogP contribution in [0.2, 0.25) is 0 Å². The van der Waals surface area contributed by atoms with Crippen LogP contribution in [0.15, 0.2) is 29.1 Å². The van der Waals surface area contributed by atoms with Crippen LogP contribution >= 0.6 is 0 Å². The largest absolute Gasteiger partial charge is 0.470 e. The maximum Gasteiger partial charge on any atom is 0.289 e. The molecule has 0 radical (unpaired) electrons. The molecule has 0 saturated carbocycles. The highest BCUT2D eigenvalue weighted by Gasteiger charge is 2.30. The Bertz CT molecular complexity index is 660. The summed E-state index contributed by atoms with van der Waals surface area (Å²) in [5.41, 5.74) is 0.325. The molecule has 0 N–H and O–H groups in total. The zero-order chi connectivity index (χ0) is 15.5. The number of carbonyl (C=O) groups excluding carboxylic acids is 1. The molecule has 1 atom stereocenters. The number of furan rings is 1.